The normalized spacial score (nSPS) is 21.5. The van der Waals surface area contributed by atoms with E-state index in [-0.39, 0.29) is 25.1 Å². The number of amides is 1. The van der Waals surface area contributed by atoms with Crippen LogP contribution in [0.4, 0.5) is 0 Å². The van der Waals surface area contributed by atoms with Crippen molar-refractivity contribution in [3.8, 4) is 0 Å². The highest BCUT2D eigenvalue weighted by Crippen LogP contribution is 1.93. The molecule has 5 nitrogen and oxygen atoms in total. The van der Waals surface area contributed by atoms with E-state index in [4.69, 9.17) is 5.11 Å². The summed E-state index contributed by atoms with van der Waals surface area (Å²) in [6.45, 7) is 2.82. The first-order valence-electron chi connectivity index (χ1n) is 3.94. The highest BCUT2D eigenvalue weighted by atomic mass is 16.3. The lowest BCUT2D eigenvalue weighted by atomic mass is 10.4. The fourth-order valence-corrected chi connectivity index (χ4v) is 0.943. The van der Waals surface area contributed by atoms with Crippen molar-refractivity contribution in [3.05, 3.63) is 0 Å². The molecule has 1 unspecified atom stereocenters. The molecule has 0 bridgehead atoms. The number of aliphatic hydroxyl groups is 1. The van der Waals surface area contributed by atoms with E-state index in [1.165, 1.54) is 0 Å². The number of nitrogens with zero attached hydrogens (tertiary/aromatic N) is 1. The minimum atomic E-state index is -0.242. The minimum Gasteiger partial charge on any atom is -0.395 e. The van der Waals surface area contributed by atoms with E-state index in [1.54, 1.807) is 0 Å². The topological polar surface area (TPSA) is 73.7 Å². The van der Waals surface area contributed by atoms with Crippen LogP contribution in [0.25, 0.3) is 0 Å². The minimum absolute atomic E-state index is 0.0471. The second kappa shape index (κ2) is 4.06. The molecule has 1 amide bonds. The van der Waals surface area contributed by atoms with E-state index < -0.39 is 0 Å². The van der Waals surface area contributed by atoms with Crippen LogP contribution in [0.5, 0.6) is 0 Å². The molecule has 1 aliphatic rings. The summed E-state index contributed by atoms with van der Waals surface area (Å²) >= 11 is 0. The van der Waals surface area contributed by atoms with Crippen molar-refractivity contribution in [1.29, 1.82) is 0 Å². The molecule has 0 fully saturated rings. The van der Waals surface area contributed by atoms with Gasteiger partial charge in [0.1, 0.15) is 0 Å². The molecule has 0 spiro atoms. The Hall–Kier alpha value is -1.10. The van der Waals surface area contributed by atoms with Gasteiger partial charge in [-0.2, -0.15) is 0 Å². The Morgan fingerprint density at radius 1 is 1.92 bits per heavy atom. The van der Waals surface area contributed by atoms with Crippen LogP contribution in [0.3, 0.4) is 0 Å². The van der Waals surface area contributed by atoms with Crippen molar-refractivity contribution in [2.45, 2.75) is 13.0 Å². The van der Waals surface area contributed by atoms with Gasteiger partial charge in [-0.15, -0.1) is 0 Å². The number of carbonyl (C=O) groups is 1. The third-order valence-corrected chi connectivity index (χ3v) is 1.52. The van der Waals surface area contributed by atoms with Crippen molar-refractivity contribution in [2.24, 2.45) is 4.99 Å². The van der Waals surface area contributed by atoms with E-state index in [0.717, 1.165) is 0 Å². The smallest absolute Gasteiger partial charge is 0.286 e. The van der Waals surface area contributed by atoms with Crippen molar-refractivity contribution in [2.75, 3.05) is 19.7 Å². The van der Waals surface area contributed by atoms with Gasteiger partial charge < -0.3 is 15.7 Å². The highest BCUT2D eigenvalue weighted by molar-refractivity contribution is 6.38. The van der Waals surface area contributed by atoms with E-state index in [1.807, 2.05) is 6.92 Å². The Kier molecular flexibility index (Phi) is 3.04. The number of nitrogens with one attached hydrogen (secondary N) is 2. The van der Waals surface area contributed by atoms with E-state index in [2.05, 4.69) is 15.6 Å². The number of amidine groups is 1. The molecule has 0 radical (unpaired) electrons. The molecule has 0 aromatic heterocycles. The average molecular weight is 171 g/mol. The van der Waals surface area contributed by atoms with Gasteiger partial charge in [0.15, 0.2) is 5.84 Å². The molecular formula is C7H13N3O2. The molecule has 1 aliphatic heterocycles. The second-order valence-electron chi connectivity index (χ2n) is 2.71. The molecule has 5 heteroatoms. The van der Waals surface area contributed by atoms with E-state index >= 15 is 0 Å². The predicted molar refractivity (Wildman–Crippen MR) is 45.0 cm³/mol. The van der Waals surface area contributed by atoms with Crippen LogP contribution in [0, 0.1) is 0 Å². The Labute approximate surface area is 70.9 Å². The quantitative estimate of drug-likeness (QED) is 0.483. The summed E-state index contributed by atoms with van der Waals surface area (Å²) < 4.78 is 0. The number of hydrogen-bond acceptors (Lipinski definition) is 4. The molecule has 1 heterocycles. The molecular weight excluding hydrogens is 158 g/mol. The molecule has 1 atom stereocenters. The zero-order valence-corrected chi connectivity index (χ0v) is 7.00. The SMILES string of the molecule is CC1CN=C(C(=O)NCCO)N1. The molecule has 3 N–H and O–H groups in total. The van der Waals surface area contributed by atoms with Crippen LogP contribution in [0.15, 0.2) is 4.99 Å². The number of rotatable bonds is 3. The largest absolute Gasteiger partial charge is 0.395 e. The van der Waals surface area contributed by atoms with Gasteiger partial charge in [-0.1, -0.05) is 0 Å². The van der Waals surface area contributed by atoms with E-state index in [9.17, 15) is 4.79 Å². The monoisotopic (exact) mass is 171 g/mol. The first-order valence-corrected chi connectivity index (χ1v) is 3.94. The van der Waals surface area contributed by atoms with Crippen LogP contribution in [0.1, 0.15) is 6.92 Å². The lowest BCUT2D eigenvalue weighted by Gasteiger charge is -2.05. The molecule has 12 heavy (non-hydrogen) atoms. The third-order valence-electron chi connectivity index (χ3n) is 1.52. The van der Waals surface area contributed by atoms with Gasteiger partial charge >= 0.3 is 0 Å². The van der Waals surface area contributed by atoms with Gasteiger partial charge in [-0.3, -0.25) is 9.79 Å². The van der Waals surface area contributed by atoms with Crippen LogP contribution < -0.4 is 10.6 Å². The molecule has 68 valence electrons. The van der Waals surface area contributed by atoms with Gasteiger partial charge in [0.05, 0.1) is 13.2 Å². The zero-order valence-electron chi connectivity index (χ0n) is 7.00. The Balaban J connectivity index is 2.33. The van der Waals surface area contributed by atoms with Gasteiger partial charge in [0.25, 0.3) is 5.91 Å². The molecule has 0 aromatic rings. The van der Waals surface area contributed by atoms with Gasteiger partial charge in [-0.05, 0) is 6.92 Å². The van der Waals surface area contributed by atoms with Gasteiger partial charge in [0, 0.05) is 12.6 Å². The lowest BCUT2D eigenvalue weighted by Crippen LogP contribution is -2.41. The van der Waals surface area contributed by atoms with Gasteiger partial charge in [-0.25, -0.2) is 0 Å². The van der Waals surface area contributed by atoms with Crippen LogP contribution in [-0.2, 0) is 4.79 Å². The van der Waals surface area contributed by atoms with Crippen LogP contribution >= 0.6 is 0 Å². The molecule has 1 rings (SSSR count). The standard InChI is InChI=1S/C7H13N3O2/c1-5-4-9-6(10-5)7(12)8-2-3-11/h5,11H,2-4H2,1H3,(H,8,12)(H,9,10). The number of aliphatic hydroxyl groups excluding tert-OH is 1. The maximum Gasteiger partial charge on any atom is 0.286 e. The Morgan fingerprint density at radius 3 is 3.17 bits per heavy atom. The Morgan fingerprint density at radius 2 is 2.67 bits per heavy atom. The van der Waals surface area contributed by atoms with Crippen LogP contribution in [-0.4, -0.2) is 42.6 Å². The average Bonchev–Trinajstić information content (AvgIpc) is 2.47. The van der Waals surface area contributed by atoms with E-state index in [0.29, 0.717) is 12.4 Å². The molecule has 0 aliphatic carbocycles. The summed E-state index contributed by atoms with van der Waals surface area (Å²) in [5, 5.41) is 13.9. The van der Waals surface area contributed by atoms with Crippen molar-refractivity contribution in [3.63, 3.8) is 0 Å². The number of carbonyl (C=O) groups excluding carboxylic acids is 1. The first kappa shape index (κ1) is 8.99. The molecule has 0 saturated carbocycles. The first-order chi connectivity index (χ1) is 5.74. The summed E-state index contributed by atoms with van der Waals surface area (Å²) in [5.74, 6) is 0.129. The highest BCUT2D eigenvalue weighted by Gasteiger charge is 2.18. The van der Waals surface area contributed by atoms with Crippen molar-refractivity contribution < 1.29 is 9.90 Å². The predicted octanol–water partition coefficient (Wildman–Crippen LogP) is -1.51. The summed E-state index contributed by atoms with van der Waals surface area (Å²) in [5.41, 5.74) is 0. The fraction of sp³-hybridized carbons (Fsp3) is 0.714. The summed E-state index contributed by atoms with van der Waals surface area (Å²) in [6.07, 6.45) is 0. The summed E-state index contributed by atoms with van der Waals surface area (Å²) in [4.78, 5) is 15.1. The zero-order chi connectivity index (χ0) is 8.97. The summed E-state index contributed by atoms with van der Waals surface area (Å²) in [6, 6.07) is 0.236. The molecule has 0 saturated heterocycles. The number of aliphatic imine (C=N–C) groups is 1. The summed E-state index contributed by atoms with van der Waals surface area (Å²) in [7, 11) is 0. The molecule has 0 aromatic carbocycles. The van der Waals surface area contributed by atoms with Gasteiger partial charge in [0.2, 0.25) is 0 Å². The van der Waals surface area contributed by atoms with Crippen molar-refractivity contribution >= 4 is 11.7 Å². The fourth-order valence-electron chi connectivity index (χ4n) is 0.943. The van der Waals surface area contributed by atoms with Crippen LogP contribution in [0.2, 0.25) is 0 Å². The maximum atomic E-state index is 11.1. The van der Waals surface area contributed by atoms with Crippen molar-refractivity contribution in [1.82, 2.24) is 10.6 Å². The third kappa shape index (κ3) is 2.20. The Bertz CT molecular complexity index is 203. The second-order valence-corrected chi connectivity index (χ2v) is 2.71. The lowest BCUT2D eigenvalue weighted by molar-refractivity contribution is -0.115. The maximum absolute atomic E-state index is 11.1. The number of hydrogen-bond donors (Lipinski definition) is 3.